The first-order valence-electron chi connectivity index (χ1n) is 5.44. The van der Waals surface area contributed by atoms with E-state index in [0.717, 1.165) is 27.9 Å². The smallest absolute Gasteiger partial charge is 0.181 e. The SMILES string of the molecule is ICCC#CNNc1ccc(-c2cnco2)cc1. The van der Waals surface area contributed by atoms with E-state index in [0.29, 0.717) is 0 Å². The number of nitrogens with zero attached hydrogens (tertiary/aromatic N) is 1. The zero-order valence-electron chi connectivity index (χ0n) is 9.61. The summed E-state index contributed by atoms with van der Waals surface area (Å²) in [5, 5.41) is 0. The Morgan fingerprint density at radius 2 is 2.11 bits per heavy atom. The van der Waals surface area contributed by atoms with E-state index in [9.17, 15) is 0 Å². The van der Waals surface area contributed by atoms with Crippen LogP contribution in [0.25, 0.3) is 11.3 Å². The first kappa shape index (κ1) is 12.8. The highest BCUT2D eigenvalue weighted by Crippen LogP contribution is 2.20. The van der Waals surface area contributed by atoms with Crippen LogP contribution in [-0.4, -0.2) is 9.41 Å². The molecule has 2 aromatic rings. The number of hydrogen-bond acceptors (Lipinski definition) is 4. The molecule has 0 aliphatic rings. The first-order valence-corrected chi connectivity index (χ1v) is 6.96. The van der Waals surface area contributed by atoms with Crippen molar-refractivity contribution in [3.63, 3.8) is 0 Å². The van der Waals surface area contributed by atoms with Gasteiger partial charge in [-0.2, -0.15) is 0 Å². The number of nitrogens with one attached hydrogen (secondary N) is 2. The Morgan fingerprint density at radius 1 is 1.28 bits per heavy atom. The Hall–Kier alpha value is -1.68. The van der Waals surface area contributed by atoms with Crippen LogP contribution in [0.15, 0.2) is 41.3 Å². The molecule has 1 heterocycles. The quantitative estimate of drug-likeness (QED) is 0.292. The van der Waals surface area contributed by atoms with Gasteiger partial charge < -0.3 is 4.42 Å². The van der Waals surface area contributed by atoms with E-state index in [1.54, 1.807) is 6.20 Å². The molecule has 1 aromatic heterocycles. The standard InChI is InChI=1S/C13H12IN3O/c14-7-1-2-8-16-17-12-5-3-11(4-6-12)13-9-15-10-18-13/h3-6,9-10,16-17H,1,7H2. The summed E-state index contributed by atoms with van der Waals surface area (Å²) >= 11 is 2.29. The molecule has 0 unspecified atom stereocenters. The molecule has 0 bridgehead atoms. The number of halogens is 1. The molecule has 0 atom stereocenters. The minimum absolute atomic E-state index is 0.761. The molecule has 4 nitrogen and oxygen atoms in total. The summed E-state index contributed by atoms with van der Waals surface area (Å²) in [6, 6.07) is 10.7. The first-order chi connectivity index (χ1) is 8.90. The predicted molar refractivity (Wildman–Crippen MR) is 80.0 cm³/mol. The van der Waals surface area contributed by atoms with E-state index in [1.165, 1.54) is 6.39 Å². The van der Waals surface area contributed by atoms with Gasteiger partial charge in [-0.3, -0.25) is 10.9 Å². The van der Waals surface area contributed by atoms with Crippen molar-refractivity contribution in [3.8, 4) is 23.3 Å². The van der Waals surface area contributed by atoms with Gasteiger partial charge in [0.05, 0.1) is 11.9 Å². The second-order valence-corrected chi connectivity index (χ2v) is 4.51. The molecular weight excluding hydrogens is 341 g/mol. The molecule has 0 fully saturated rings. The Balaban J connectivity index is 1.91. The molecule has 1 aromatic carbocycles. The summed E-state index contributed by atoms with van der Waals surface area (Å²) in [4.78, 5) is 3.89. The summed E-state index contributed by atoms with van der Waals surface area (Å²) in [7, 11) is 0. The maximum Gasteiger partial charge on any atom is 0.181 e. The number of oxazole rings is 1. The highest BCUT2D eigenvalue weighted by Gasteiger charge is 2.00. The van der Waals surface area contributed by atoms with E-state index in [4.69, 9.17) is 4.42 Å². The maximum atomic E-state index is 5.21. The van der Waals surface area contributed by atoms with Crippen LogP contribution >= 0.6 is 22.6 Å². The normalized spacial score (nSPS) is 9.39. The van der Waals surface area contributed by atoms with Gasteiger partial charge >= 0.3 is 0 Å². The van der Waals surface area contributed by atoms with Crippen LogP contribution in [0.4, 0.5) is 5.69 Å². The average molecular weight is 353 g/mol. The molecule has 0 aliphatic carbocycles. The third-order valence-electron chi connectivity index (χ3n) is 2.18. The molecule has 2 rings (SSSR count). The van der Waals surface area contributed by atoms with E-state index in [-0.39, 0.29) is 0 Å². The van der Waals surface area contributed by atoms with Gasteiger partial charge in [-0.25, -0.2) is 4.98 Å². The number of hydrazine groups is 1. The highest BCUT2D eigenvalue weighted by atomic mass is 127. The Bertz CT molecular complexity index is 526. The van der Waals surface area contributed by atoms with Gasteiger partial charge in [-0.05, 0) is 24.3 Å². The third kappa shape index (κ3) is 3.67. The van der Waals surface area contributed by atoms with Gasteiger partial charge in [0.15, 0.2) is 12.2 Å². The fourth-order valence-electron chi connectivity index (χ4n) is 1.33. The summed E-state index contributed by atoms with van der Waals surface area (Å²) < 4.78 is 6.25. The zero-order valence-corrected chi connectivity index (χ0v) is 11.8. The number of aromatic nitrogens is 1. The lowest BCUT2D eigenvalue weighted by molar-refractivity contribution is 0.572. The maximum absolute atomic E-state index is 5.21. The minimum atomic E-state index is 0.761. The van der Waals surface area contributed by atoms with Gasteiger partial charge in [0.25, 0.3) is 0 Å². The molecule has 0 aliphatic heterocycles. The number of hydrogen-bond donors (Lipinski definition) is 2. The molecule has 0 saturated carbocycles. The predicted octanol–water partition coefficient (Wildman–Crippen LogP) is 3.04. The molecule has 0 spiro atoms. The number of rotatable bonds is 4. The van der Waals surface area contributed by atoms with Gasteiger partial charge in [0, 0.05) is 22.5 Å². The van der Waals surface area contributed by atoms with Crippen molar-refractivity contribution in [2.75, 3.05) is 9.85 Å². The lowest BCUT2D eigenvalue weighted by atomic mass is 10.2. The molecular formula is C13H12IN3O. The van der Waals surface area contributed by atoms with Gasteiger partial charge in [0.1, 0.15) is 0 Å². The highest BCUT2D eigenvalue weighted by molar-refractivity contribution is 14.1. The zero-order chi connectivity index (χ0) is 12.6. The van der Waals surface area contributed by atoms with Crippen molar-refractivity contribution in [3.05, 3.63) is 36.9 Å². The Morgan fingerprint density at radius 3 is 2.78 bits per heavy atom. The average Bonchev–Trinajstić information content (AvgIpc) is 2.93. The summed E-state index contributed by atoms with van der Waals surface area (Å²) in [5.41, 5.74) is 7.79. The second-order valence-electron chi connectivity index (χ2n) is 3.43. The summed E-state index contributed by atoms with van der Waals surface area (Å²) in [6.45, 7) is 0. The van der Waals surface area contributed by atoms with Crippen LogP contribution in [0.2, 0.25) is 0 Å². The van der Waals surface area contributed by atoms with Crippen molar-refractivity contribution < 1.29 is 4.42 Å². The van der Waals surface area contributed by atoms with Crippen molar-refractivity contribution >= 4 is 28.3 Å². The van der Waals surface area contributed by atoms with E-state index in [1.807, 2.05) is 24.3 Å². The molecule has 2 N–H and O–H groups in total. The van der Waals surface area contributed by atoms with E-state index >= 15 is 0 Å². The van der Waals surface area contributed by atoms with E-state index in [2.05, 4.69) is 50.4 Å². The van der Waals surface area contributed by atoms with Crippen molar-refractivity contribution in [2.24, 2.45) is 0 Å². The molecule has 0 radical (unpaired) electrons. The summed E-state index contributed by atoms with van der Waals surface area (Å²) in [5.74, 6) is 3.75. The molecule has 92 valence electrons. The molecule has 0 saturated heterocycles. The van der Waals surface area contributed by atoms with Gasteiger partial charge in [-0.1, -0.05) is 28.5 Å². The molecule has 18 heavy (non-hydrogen) atoms. The van der Waals surface area contributed by atoms with Crippen LogP contribution in [-0.2, 0) is 0 Å². The van der Waals surface area contributed by atoms with Crippen molar-refractivity contribution in [1.82, 2.24) is 10.4 Å². The van der Waals surface area contributed by atoms with Crippen LogP contribution in [0.3, 0.4) is 0 Å². The van der Waals surface area contributed by atoms with Crippen LogP contribution in [0.1, 0.15) is 6.42 Å². The number of alkyl halides is 1. The van der Waals surface area contributed by atoms with Crippen molar-refractivity contribution in [1.29, 1.82) is 0 Å². The van der Waals surface area contributed by atoms with Gasteiger partial charge in [0.2, 0.25) is 0 Å². The van der Waals surface area contributed by atoms with Crippen LogP contribution < -0.4 is 10.9 Å². The number of benzene rings is 1. The topological polar surface area (TPSA) is 50.1 Å². The fraction of sp³-hybridized carbons (Fsp3) is 0.154. The van der Waals surface area contributed by atoms with E-state index < -0.39 is 0 Å². The fourth-order valence-corrected chi connectivity index (χ4v) is 1.60. The molecule has 5 heteroatoms. The monoisotopic (exact) mass is 353 g/mol. The summed E-state index contributed by atoms with van der Waals surface area (Å²) in [6.07, 6.45) is 4.00. The van der Waals surface area contributed by atoms with Crippen molar-refractivity contribution in [2.45, 2.75) is 6.42 Å². The second kappa shape index (κ2) is 6.91. The lowest BCUT2D eigenvalue weighted by Crippen LogP contribution is -2.14. The number of anilines is 1. The van der Waals surface area contributed by atoms with Crippen LogP contribution in [0.5, 0.6) is 0 Å². The minimum Gasteiger partial charge on any atom is -0.444 e. The Kier molecular flexibility index (Phi) is 4.90. The van der Waals surface area contributed by atoms with Crippen LogP contribution in [0, 0.1) is 12.0 Å². The Labute approximate surface area is 119 Å². The molecule has 0 amide bonds. The van der Waals surface area contributed by atoms with Gasteiger partial charge in [-0.15, -0.1) is 0 Å². The third-order valence-corrected chi connectivity index (χ3v) is 2.72. The lowest BCUT2D eigenvalue weighted by Gasteiger charge is -2.04. The largest absolute Gasteiger partial charge is 0.444 e.